The van der Waals surface area contributed by atoms with E-state index < -0.39 is 74.0 Å². The number of phenolic OH excluding ortho intramolecular Hbond substituents is 2. The molecule has 0 aliphatic heterocycles. The van der Waals surface area contributed by atoms with Crippen LogP contribution in [0.3, 0.4) is 0 Å². The molecule has 1 atom stereocenters. The first-order valence-corrected chi connectivity index (χ1v) is 17.6. The molecule has 0 spiro atoms. The Balaban J connectivity index is 1.67. The second-order valence-electron chi connectivity index (χ2n) is 9.62. The molecule has 0 saturated carbocycles. The molecule has 0 bridgehead atoms. The number of hydrogen-bond donors (Lipinski definition) is 6. The minimum Gasteiger partial charge on any atom is -0.504 e. The summed E-state index contributed by atoms with van der Waals surface area (Å²) < 4.78 is 98.6. The summed E-state index contributed by atoms with van der Waals surface area (Å²) in [5.74, 6) is -2.47. The van der Waals surface area contributed by atoms with E-state index in [1.54, 1.807) is 16.9 Å². The molecular formula is C28H26F3N4O10PS2. The lowest BCUT2D eigenvalue weighted by atomic mass is 10.0. The van der Waals surface area contributed by atoms with E-state index in [2.05, 4.69) is 5.32 Å². The number of alkyl halides is 3. The molecule has 1 heterocycles. The highest BCUT2D eigenvalue weighted by atomic mass is 32.2. The maximum Gasteiger partial charge on any atom is 0.419 e. The second-order valence-corrected chi connectivity index (χ2v) is 14.4. The van der Waals surface area contributed by atoms with Crippen molar-refractivity contribution < 1.29 is 60.1 Å². The summed E-state index contributed by atoms with van der Waals surface area (Å²) in [6, 6.07) is 13.2. The fraction of sp³-hybridized carbons (Fsp3) is 0.214. The number of thiophene rings is 1. The zero-order chi connectivity index (χ0) is 35.3. The number of rotatable bonds is 14. The highest BCUT2D eigenvalue weighted by Crippen LogP contribution is 2.50. The van der Waals surface area contributed by atoms with Crippen molar-refractivity contribution in [2.75, 3.05) is 32.6 Å². The van der Waals surface area contributed by atoms with Crippen molar-refractivity contribution in [3.8, 4) is 34.8 Å². The van der Waals surface area contributed by atoms with E-state index in [4.69, 9.17) is 19.7 Å². The lowest BCUT2D eigenvalue weighted by Crippen LogP contribution is -2.28. The normalized spacial score (nSPS) is 13.0. The first-order valence-electron chi connectivity index (χ1n) is 13.5. The number of halogens is 3. The molecule has 0 saturated heterocycles. The van der Waals surface area contributed by atoms with Gasteiger partial charge in [-0.2, -0.15) is 23.2 Å². The van der Waals surface area contributed by atoms with Gasteiger partial charge in [-0.05, 0) is 30.3 Å². The maximum atomic E-state index is 14.5. The smallest absolute Gasteiger partial charge is 0.419 e. The summed E-state index contributed by atoms with van der Waals surface area (Å²) in [5.41, 5.74) is 3.06. The molecule has 1 unspecified atom stereocenters. The summed E-state index contributed by atoms with van der Waals surface area (Å²) in [7, 11) is -9.88. The Labute approximate surface area is 274 Å². The van der Waals surface area contributed by atoms with Gasteiger partial charge in [0.25, 0.3) is 15.9 Å². The summed E-state index contributed by atoms with van der Waals surface area (Å²) in [6.45, 7) is -0.903. The van der Waals surface area contributed by atoms with Crippen LogP contribution in [0.15, 0.2) is 58.8 Å². The summed E-state index contributed by atoms with van der Waals surface area (Å²) >= 11 is 0.125. The number of nitrogens with one attached hydrogen (secondary N) is 2. The number of aromatic hydroxyl groups is 2. The predicted molar refractivity (Wildman–Crippen MR) is 166 cm³/mol. The maximum absolute atomic E-state index is 14.5. The fourth-order valence-corrected chi connectivity index (χ4v) is 8.51. The van der Waals surface area contributed by atoms with Crippen LogP contribution in [-0.2, 0) is 20.8 Å². The van der Waals surface area contributed by atoms with Crippen molar-refractivity contribution in [1.82, 2.24) is 10.0 Å². The Morgan fingerprint density at radius 2 is 1.77 bits per heavy atom. The molecule has 1 aromatic heterocycles. The quantitative estimate of drug-likeness (QED) is 0.0618. The van der Waals surface area contributed by atoms with Crippen LogP contribution in [0.4, 0.5) is 13.2 Å². The third-order valence-corrected chi connectivity index (χ3v) is 10.5. The number of nitrogens with two attached hydrogens (primary N) is 1. The van der Waals surface area contributed by atoms with Gasteiger partial charge in [-0.1, -0.05) is 18.2 Å². The number of para-hydroxylation sites is 1. The van der Waals surface area contributed by atoms with Crippen LogP contribution in [0.2, 0.25) is 0 Å². The van der Waals surface area contributed by atoms with Gasteiger partial charge in [0.2, 0.25) is 0 Å². The summed E-state index contributed by atoms with van der Waals surface area (Å²) in [5, 5.41) is 30.7. The van der Waals surface area contributed by atoms with Gasteiger partial charge in [0, 0.05) is 28.3 Å². The molecule has 0 aliphatic carbocycles. The minimum absolute atomic E-state index is 0.00440. The fourth-order valence-electron chi connectivity index (χ4n) is 4.17. The van der Waals surface area contributed by atoms with Crippen molar-refractivity contribution in [2.45, 2.75) is 10.4 Å². The van der Waals surface area contributed by atoms with Crippen LogP contribution in [0.1, 0.15) is 21.5 Å². The van der Waals surface area contributed by atoms with Crippen molar-refractivity contribution >= 4 is 44.9 Å². The lowest BCUT2D eigenvalue weighted by molar-refractivity contribution is -0.138. The Kier molecular flexibility index (Phi) is 11.1. The number of nitrogens with zero attached hydrogens (tertiary/aromatic N) is 1. The van der Waals surface area contributed by atoms with Crippen molar-refractivity contribution in [2.24, 2.45) is 5.73 Å². The molecule has 7 N–H and O–H groups in total. The number of sulfonamides is 1. The van der Waals surface area contributed by atoms with E-state index in [-0.39, 0.29) is 59.4 Å². The lowest BCUT2D eigenvalue weighted by Gasteiger charge is -2.16. The standard InChI is InChI=1S/C28H26F3N4O10PS2/c29-28(30,31)24-23-18(14-33)25(44-10-8-32)21(43-11-9-34-26(38)16-6-7-19(36)20(37)12-16)13-22(23)47-27(24)48(41,42)35-15-46(39,40)45-17-4-2-1-3-5-17/h1-7,12-13,35-37H,8-11,15,32H2,(H,34,38)(H,39,40). The molecule has 3 aromatic carbocycles. The number of ether oxygens (including phenoxy) is 2. The zero-order valence-electron chi connectivity index (χ0n) is 24.4. The third kappa shape index (κ3) is 8.47. The Morgan fingerprint density at radius 1 is 1.06 bits per heavy atom. The molecular weight excluding hydrogens is 704 g/mol. The average molecular weight is 731 g/mol. The number of fused-ring (bicyclic) bond motifs is 1. The van der Waals surface area contributed by atoms with Gasteiger partial charge in [0.05, 0.1) is 12.1 Å². The van der Waals surface area contributed by atoms with Crippen molar-refractivity contribution in [3.05, 3.63) is 71.3 Å². The van der Waals surface area contributed by atoms with Crippen LogP contribution in [-0.4, -0.2) is 62.0 Å². The molecule has 48 heavy (non-hydrogen) atoms. The zero-order valence-corrected chi connectivity index (χ0v) is 26.9. The van der Waals surface area contributed by atoms with Gasteiger partial charge >= 0.3 is 13.8 Å². The van der Waals surface area contributed by atoms with Crippen LogP contribution in [0, 0.1) is 11.3 Å². The number of carbonyl (C=O) groups is 1. The predicted octanol–water partition coefficient (Wildman–Crippen LogP) is 3.85. The summed E-state index contributed by atoms with van der Waals surface area (Å²) in [4.78, 5) is 22.6. The second kappa shape index (κ2) is 14.7. The number of carbonyl (C=O) groups excluding carboxylic acids is 1. The van der Waals surface area contributed by atoms with Gasteiger partial charge in [0.15, 0.2) is 23.0 Å². The van der Waals surface area contributed by atoms with Gasteiger partial charge in [-0.15, -0.1) is 11.3 Å². The van der Waals surface area contributed by atoms with Crippen LogP contribution in [0.25, 0.3) is 10.1 Å². The number of amides is 1. The number of benzene rings is 3. The van der Waals surface area contributed by atoms with Gasteiger partial charge < -0.3 is 40.2 Å². The van der Waals surface area contributed by atoms with E-state index in [0.29, 0.717) is 0 Å². The van der Waals surface area contributed by atoms with Crippen LogP contribution in [0.5, 0.6) is 28.7 Å². The SMILES string of the molecule is N#Cc1c(OCCN)c(OCCNC(=O)c2ccc(O)c(O)c2)cc2sc(S(=O)(=O)NCP(=O)(O)Oc3ccccc3)c(C(F)(F)F)c12. The largest absolute Gasteiger partial charge is 0.504 e. The monoisotopic (exact) mass is 730 g/mol. The third-order valence-electron chi connectivity index (χ3n) is 6.20. The summed E-state index contributed by atoms with van der Waals surface area (Å²) in [6.07, 6.45) is -6.62. The molecule has 0 radical (unpaired) electrons. The first-order chi connectivity index (χ1) is 22.6. The highest BCUT2D eigenvalue weighted by Gasteiger charge is 2.43. The average Bonchev–Trinajstić information content (AvgIpc) is 3.43. The van der Waals surface area contributed by atoms with Gasteiger partial charge in [-0.25, -0.2) is 13.0 Å². The highest BCUT2D eigenvalue weighted by molar-refractivity contribution is 7.92. The van der Waals surface area contributed by atoms with Gasteiger partial charge in [0.1, 0.15) is 41.1 Å². The van der Waals surface area contributed by atoms with E-state index in [1.807, 2.05) is 0 Å². The van der Waals surface area contributed by atoms with Gasteiger partial charge in [-0.3, -0.25) is 4.79 Å². The molecule has 4 rings (SSSR count). The molecule has 1 amide bonds. The molecule has 0 aliphatic rings. The van der Waals surface area contributed by atoms with Crippen LogP contribution < -0.4 is 29.8 Å². The molecule has 0 fully saturated rings. The van der Waals surface area contributed by atoms with Crippen LogP contribution >= 0.6 is 18.9 Å². The number of nitriles is 1. The first kappa shape index (κ1) is 36.3. The number of hydrogen-bond acceptors (Lipinski definition) is 12. The van der Waals surface area contributed by atoms with Crippen molar-refractivity contribution in [1.29, 1.82) is 5.26 Å². The van der Waals surface area contributed by atoms with E-state index in [1.165, 1.54) is 30.3 Å². The minimum atomic E-state index is -5.34. The molecule has 14 nitrogen and oxygen atoms in total. The van der Waals surface area contributed by atoms with E-state index in [9.17, 15) is 51.3 Å². The Bertz CT molecular complexity index is 2020. The molecule has 4 aromatic rings. The Hall–Kier alpha value is -4.57. The van der Waals surface area contributed by atoms with Crippen molar-refractivity contribution in [3.63, 3.8) is 0 Å². The van der Waals surface area contributed by atoms with E-state index in [0.717, 1.165) is 18.2 Å². The van der Waals surface area contributed by atoms with E-state index >= 15 is 0 Å². The molecule has 256 valence electrons. The topological polar surface area (TPSA) is 231 Å². The molecule has 20 heteroatoms. The number of phenols is 2. The Morgan fingerprint density at radius 3 is 2.40 bits per heavy atom.